The van der Waals surface area contributed by atoms with E-state index in [4.69, 9.17) is 0 Å². The molecule has 2 aromatic carbocycles. The van der Waals surface area contributed by atoms with Gasteiger partial charge < -0.3 is 0 Å². The summed E-state index contributed by atoms with van der Waals surface area (Å²) in [6.45, 7) is 2.23. The second-order valence-corrected chi connectivity index (χ2v) is 11.3. The first-order valence-electron chi connectivity index (χ1n) is 8.78. The van der Waals surface area contributed by atoms with Gasteiger partial charge in [0, 0.05) is 0 Å². The number of fused-ring (bicyclic) bond motifs is 2. The van der Waals surface area contributed by atoms with Crippen LogP contribution in [-0.4, -0.2) is 7.52 Å². The van der Waals surface area contributed by atoms with Crippen molar-refractivity contribution in [1.82, 2.24) is 0 Å². The third kappa shape index (κ3) is 2.95. The Kier molecular flexibility index (Phi) is 4.80. The predicted octanol–water partition coefficient (Wildman–Crippen LogP) is 5.32. The van der Waals surface area contributed by atoms with Crippen molar-refractivity contribution in [2.45, 2.75) is 25.2 Å². The summed E-state index contributed by atoms with van der Waals surface area (Å²) in [5.74, 6) is 1.72. The van der Waals surface area contributed by atoms with Crippen LogP contribution in [-0.2, 0) is 21.9 Å². The summed E-state index contributed by atoms with van der Waals surface area (Å²) >= 11 is -0.610. The van der Waals surface area contributed by atoms with E-state index in [0.717, 1.165) is 0 Å². The molecule has 0 radical (unpaired) electrons. The van der Waals surface area contributed by atoms with Gasteiger partial charge >= 0.3 is 156 Å². The first-order chi connectivity index (χ1) is 11.9. The Morgan fingerprint density at radius 2 is 1.42 bits per heavy atom. The summed E-state index contributed by atoms with van der Waals surface area (Å²) in [4.78, 5) is 0. The standard InChI is InChI=1S/C21H18.C2H4.Hf/c1-2-17(20-13-11-15-7-3-5-9-18(15)20)21-14-12-16-8-4-6-10-19(16)21;1-2;/h1,3-14,17,20-21H,2H2;1H,2H3;. The van der Waals surface area contributed by atoms with Crippen molar-refractivity contribution in [3.63, 3.8) is 0 Å². The van der Waals surface area contributed by atoms with E-state index in [1.165, 1.54) is 28.7 Å². The molecule has 0 fully saturated rings. The summed E-state index contributed by atoms with van der Waals surface area (Å²) in [5.41, 5.74) is 5.85. The summed E-state index contributed by atoms with van der Waals surface area (Å²) < 4.78 is 5.09. The Hall–Kier alpha value is -1.47. The fourth-order valence-electron chi connectivity index (χ4n) is 4.14. The zero-order valence-electron chi connectivity index (χ0n) is 14.0. The van der Waals surface area contributed by atoms with Crippen LogP contribution in [0.15, 0.2) is 60.7 Å². The van der Waals surface area contributed by atoms with Gasteiger partial charge in [-0.3, -0.25) is 0 Å². The van der Waals surface area contributed by atoms with Crippen molar-refractivity contribution in [3.05, 3.63) is 82.9 Å². The van der Waals surface area contributed by atoms with E-state index >= 15 is 0 Å². The Morgan fingerprint density at radius 1 is 0.875 bits per heavy atom. The van der Waals surface area contributed by atoms with Crippen LogP contribution in [0.4, 0.5) is 0 Å². The average molecular weight is 477 g/mol. The molecular weight excluding hydrogens is 455 g/mol. The van der Waals surface area contributed by atoms with E-state index in [1.807, 2.05) is 0 Å². The van der Waals surface area contributed by atoms with Gasteiger partial charge in [-0.2, -0.15) is 0 Å². The first kappa shape index (κ1) is 16.0. The molecule has 2 aliphatic carbocycles. The van der Waals surface area contributed by atoms with Gasteiger partial charge in [0.15, 0.2) is 0 Å². The monoisotopic (exact) mass is 478 g/mol. The summed E-state index contributed by atoms with van der Waals surface area (Å²) in [6.07, 6.45) is 10.8. The Morgan fingerprint density at radius 3 is 1.96 bits per heavy atom. The van der Waals surface area contributed by atoms with Gasteiger partial charge in [-0.1, -0.05) is 0 Å². The van der Waals surface area contributed by atoms with Gasteiger partial charge in [0.2, 0.25) is 0 Å². The van der Waals surface area contributed by atoms with Crippen LogP contribution in [0.3, 0.4) is 0 Å². The van der Waals surface area contributed by atoms with Crippen molar-refractivity contribution >= 4 is 19.7 Å². The molecule has 2 aliphatic rings. The van der Waals surface area contributed by atoms with Gasteiger partial charge in [0.1, 0.15) is 0 Å². The van der Waals surface area contributed by atoms with Crippen molar-refractivity contribution in [3.8, 4) is 0 Å². The van der Waals surface area contributed by atoms with Crippen LogP contribution in [0.25, 0.3) is 12.2 Å². The third-order valence-corrected chi connectivity index (χ3v) is 8.16. The molecule has 0 nitrogen and oxygen atoms in total. The fraction of sp³-hybridized carbons (Fsp3) is 0.217. The van der Waals surface area contributed by atoms with Crippen molar-refractivity contribution in [2.24, 2.45) is 5.92 Å². The molecule has 0 heterocycles. The molecule has 0 saturated carbocycles. The van der Waals surface area contributed by atoms with Crippen LogP contribution in [0.2, 0.25) is 0 Å². The molecule has 2 unspecified atom stereocenters. The molecule has 2 aromatic rings. The molecule has 0 bridgehead atoms. The Labute approximate surface area is 155 Å². The van der Waals surface area contributed by atoms with Crippen molar-refractivity contribution in [2.75, 3.05) is 0 Å². The minimum absolute atomic E-state index is 0.540. The SMILES string of the molecule is C[CH]=[Hf]=[CH]CC(C1C=Cc2ccccc21)C1C=Cc2ccccc21. The fourth-order valence-corrected chi connectivity index (χ4v) is 6.45. The van der Waals surface area contributed by atoms with E-state index in [1.54, 1.807) is 0 Å². The van der Waals surface area contributed by atoms with E-state index < -0.39 is 21.9 Å². The Bertz CT molecular complexity index is 804. The maximum atomic E-state index is 2.65. The maximum absolute atomic E-state index is 2.65. The Balaban J connectivity index is 1.73. The first-order valence-corrected chi connectivity index (χ1v) is 12.9. The van der Waals surface area contributed by atoms with Crippen LogP contribution in [0.5, 0.6) is 0 Å². The molecule has 0 aromatic heterocycles. The van der Waals surface area contributed by atoms with Crippen molar-refractivity contribution < 1.29 is 21.9 Å². The van der Waals surface area contributed by atoms with Crippen LogP contribution < -0.4 is 0 Å². The molecule has 118 valence electrons. The molecule has 4 rings (SSSR count). The molecule has 24 heavy (non-hydrogen) atoms. The zero-order chi connectivity index (χ0) is 16.4. The van der Waals surface area contributed by atoms with Gasteiger partial charge in [-0.25, -0.2) is 0 Å². The second kappa shape index (κ2) is 7.19. The molecule has 1 heteroatoms. The van der Waals surface area contributed by atoms with Gasteiger partial charge in [0.25, 0.3) is 0 Å². The van der Waals surface area contributed by atoms with Gasteiger partial charge in [-0.15, -0.1) is 0 Å². The normalized spacial score (nSPS) is 21.0. The third-order valence-electron chi connectivity index (χ3n) is 5.27. The van der Waals surface area contributed by atoms with E-state index in [9.17, 15) is 0 Å². The van der Waals surface area contributed by atoms with Crippen LogP contribution in [0.1, 0.15) is 47.4 Å². The zero-order valence-corrected chi connectivity index (χ0v) is 17.6. The van der Waals surface area contributed by atoms with E-state index in [2.05, 4.69) is 87.3 Å². The second-order valence-electron chi connectivity index (χ2n) is 6.59. The number of hydrogen-bond donors (Lipinski definition) is 0. The van der Waals surface area contributed by atoms with Gasteiger partial charge in [-0.05, 0) is 0 Å². The number of benzene rings is 2. The number of rotatable bonds is 4. The van der Waals surface area contributed by atoms with Crippen molar-refractivity contribution in [1.29, 1.82) is 0 Å². The minimum atomic E-state index is -0.610. The molecular formula is C23H22Hf. The van der Waals surface area contributed by atoms with Crippen LogP contribution in [0, 0.1) is 5.92 Å². The summed E-state index contributed by atoms with van der Waals surface area (Å²) in [5, 5.41) is 0. The molecule has 0 N–H and O–H groups in total. The molecule has 0 amide bonds. The molecule has 0 saturated heterocycles. The average Bonchev–Trinajstić information content (AvgIpc) is 3.24. The summed E-state index contributed by atoms with van der Waals surface area (Å²) in [6, 6.07) is 17.8. The molecule has 2 atom stereocenters. The molecule has 0 spiro atoms. The van der Waals surface area contributed by atoms with E-state index in [-0.39, 0.29) is 0 Å². The van der Waals surface area contributed by atoms with Crippen LogP contribution >= 0.6 is 0 Å². The topological polar surface area (TPSA) is 0 Å². The predicted molar refractivity (Wildman–Crippen MR) is 102 cm³/mol. The van der Waals surface area contributed by atoms with Gasteiger partial charge in [0.05, 0.1) is 0 Å². The number of allylic oxidation sites excluding steroid dienone is 2. The summed E-state index contributed by atoms with van der Waals surface area (Å²) in [7, 11) is 0. The number of hydrogen-bond acceptors (Lipinski definition) is 0. The molecule has 0 aliphatic heterocycles. The quantitative estimate of drug-likeness (QED) is 0.524. The van der Waals surface area contributed by atoms with E-state index in [0.29, 0.717) is 17.8 Å².